The number of pyridine rings is 1. The molecule has 0 aliphatic rings. The summed E-state index contributed by atoms with van der Waals surface area (Å²) in [5.74, 6) is 1.85. The van der Waals surface area contributed by atoms with Crippen LogP contribution in [0.25, 0.3) is 112 Å². The Balaban J connectivity index is 1.18. The molecule has 0 atom stereocenters. The predicted octanol–water partition coefficient (Wildman–Crippen LogP) is 13.2. The fraction of sp³-hybridized carbons (Fsp3) is 0. The van der Waals surface area contributed by atoms with Crippen molar-refractivity contribution >= 4 is 32.7 Å². The average molecular weight is 767 g/mol. The minimum Gasteiger partial charge on any atom is -0.247 e. The predicted molar refractivity (Wildman–Crippen MR) is 244 cm³/mol. The van der Waals surface area contributed by atoms with E-state index in [1.165, 1.54) is 0 Å². The zero-order valence-electron chi connectivity index (χ0n) is 32.3. The molecule has 3 aromatic heterocycles. The zero-order valence-corrected chi connectivity index (χ0v) is 32.3. The molecule has 0 unspecified atom stereocenters. The van der Waals surface area contributed by atoms with Gasteiger partial charge in [0.1, 0.15) is 0 Å². The second-order valence-electron chi connectivity index (χ2n) is 14.7. The molecule has 11 rings (SSSR count). The summed E-state index contributed by atoms with van der Waals surface area (Å²) in [4.78, 5) is 31.3. The highest BCUT2D eigenvalue weighted by Crippen LogP contribution is 2.44. The Morgan fingerprint density at radius 1 is 0.250 bits per heavy atom. The summed E-state index contributed by atoms with van der Waals surface area (Å²) >= 11 is 0. The van der Waals surface area contributed by atoms with E-state index in [1.807, 2.05) is 109 Å². The van der Waals surface area contributed by atoms with E-state index in [9.17, 15) is 0 Å². The van der Waals surface area contributed by atoms with Crippen molar-refractivity contribution in [3.8, 4) is 79.1 Å². The molecule has 0 amide bonds. The normalized spacial score (nSPS) is 11.3. The Morgan fingerprint density at radius 3 is 1.15 bits per heavy atom. The Hall–Kier alpha value is -8.22. The molecular weight excluding hydrogens is 733 g/mol. The third kappa shape index (κ3) is 6.33. The molecule has 0 aliphatic heterocycles. The van der Waals surface area contributed by atoms with Crippen LogP contribution in [0.5, 0.6) is 0 Å². The van der Waals surface area contributed by atoms with Crippen molar-refractivity contribution in [3.05, 3.63) is 206 Å². The molecule has 0 bridgehead atoms. The van der Waals surface area contributed by atoms with Gasteiger partial charge in [-0.25, -0.2) is 29.9 Å². The van der Waals surface area contributed by atoms with Crippen LogP contribution in [0.3, 0.4) is 0 Å². The van der Waals surface area contributed by atoms with Gasteiger partial charge >= 0.3 is 0 Å². The van der Waals surface area contributed by atoms with E-state index in [2.05, 4.69) is 97.1 Å². The summed E-state index contributed by atoms with van der Waals surface area (Å²) in [6.45, 7) is 0. The summed E-state index contributed by atoms with van der Waals surface area (Å²) in [5.41, 5.74) is 12.8. The third-order valence-corrected chi connectivity index (χ3v) is 10.9. The molecule has 0 saturated heterocycles. The van der Waals surface area contributed by atoms with E-state index in [1.54, 1.807) is 0 Å². The van der Waals surface area contributed by atoms with E-state index in [0.717, 1.165) is 94.3 Å². The zero-order chi connectivity index (χ0) is 39.8. The van der Waals surface area contributed by atoms with E-state index in [-0.39, 0.29) is 0 Å². The van der Waals surface area contributed by atoms with Crippen LogP contribution in [-0.4, -0.2) is 29.9 Å². The first-order valence-electron chi connectivity index (χ1n) is 20.0. The number of hydrogen-bond donors (Lipinski definition) is 0. The lowest BCUT2D eigenvalue weighted by atomic mass is 9.91. The highest BCUT2D eigenvalue weighted by atomic mass is 15.0. The standard InChI is InChI=1S/C54H34N6/c1-6-18-36(19-7-1)48-47-46(42-28-16-17-29-44(42)55-48)43(34-45-51(47)57-50(38-22-10-3-11-23-38)49(56-45)37-20-8-2-9-21-37)35-30-32-41(33-31-35)54-59-52(39-24-12-4-13-25-39)58-53(60-54)40-26-14-5-15-27-40/h1-34H. The first-order chi connectivity index (χ1) is 29.7. The van der Waals surface area contributed by atoms with E-state index < -0.39 is 0 Å². The molecule has 280 valence electrons. The topological polar surface area (TPSA) is 77.3 Å². The van der Waals surface area contributed by atoms with Crippen LogP contribution in [0, 0.1) is 0 Å². The van der Waals surface area contributed by atoms with Crippen molar-refractivity contribution < 1.29 is 0 Å². The molecule has 6 nitrogen and oxygen atoms in total. The summed E-state index contributed by atoms with van der Waals surface area (Å²) in [5, 5.41) is 3.07. The largest absolute Gasteiger partial charge is 0.247 e. The molecule has 0 aliphatic carbocycles. The molecule has 0 N–H and O–H groups in total. The molecular formula is C54H34N6. The number of aromatic nitrogens is 6. The number of hydrogen-bond acceptors (Lipinski definition) is 6. The average Bonchev–Trinajstić information content (AvgIpc) is 3.34. The number of fused-ring (bicyclic) bond motifs is 5. The van der Waals surface area contributed by atoms with Gasteiger partial charge in [-0.2, -0.15) is 0 Å². The smallest absolute Gasteiger partial charge is 0.164 e. The van der Waals surface area contributed by atoms with Gasteiger partial charge in [0, 0.05) is 49.5 Å². The molecule has 11 aromatic rings. The van der Waals surface area contributed by atoms with Gasteiger partial charge in [0.25, 0.3) is 0 Å². The lowest BCUT2D eigenvalue weighted by molar-refractivity contribution is 1.07. The first-order valence-corrected chi connectivity index (χ1v) is 20.0. The maximum absolute atomic E-state index is 5.57. The van der Waals surface area contributed by atoms with Crippen LogP contribution in [0.1, 0.15) is 0 Å². The summed E-state index contributed by atoms with van der Waals surface area (Å²) in [7, 11) is 0. The van der Waals surface area contributed by atoms with E-state index >= 15 is 0 Å². The van der Waals surface area contributed by atoms with Gasteiger partial charge in [-0.15, -0.1) is 0 Å². The summed E-state index contributed by atoms with van der Waals surface area (Å²) in [6, 6.07) is 70.3. The molecule has 0 radical (unpaired) electrons. The molecule has 6 heteroatoms. The van der Waals surface area contributed by atoms with Gasteiger partial charge in [-0.1, -0.05) is 194 Å². The number of para-hydroxylation sites is 1. The van der Waals surface area contributed by atoms with Crippen molar-refractivity contribution in [2.45, 2.75) is 0 Å². The summed E-state index contributed by atoms with van der Waals surface area (Å²) in [6.07, 6.45) is 0. The fourth-order valence-electron chi connectivity index (χ4n) is 8.03. The van der Waals surface area contributed by atoms with Crippen LogP contribution >= 0.6 is 0 Å². The fourth-order valence-corrected chi connectivity index (χ4v) is 8.03. The second-order valence-corrected chi connectivity index (χ2v) is 14.7. The maximum Gasteiger partial charge on any atom is 0.164 e. The minimum absolute atomic E-state index is 0.602. The van der Waals surface area contributed by atoms with E-state index in [0.29, 0.717) is 17.5 Å². The molecule has 0 spiro atoms. The van der Waals surface area contributed by atoms with Gasteiger partial charge in [0.05, 0.1) is 33.6 Å². The summed E-state index contributed by atoms with van der Waals surface area (Å²) < 4.78 is 0. The number of nitrogens with zero attached hydrogens (tertiary/aromatic N) is 6. The second kappa shape index (κ2) is 14.9. The van der Waals surface area contributed by atoms with Crippen molar-refractivity contribution in [1.82, 2.24) is 29.9 Å². The molecule has 3 heterocycles. The number of benzene rings is 8. The molecule has 0 fully saturated rings. The first kappa shape index (κ1) is 35.0. The monoisotopic (exact) mass is 766 g/mol. The van der Waals surface area contributed by atoms with Crippen molar-refractivity contribution in [2.24, 2.45) is 0 Å². The van der Waals surface area contributed by atoms with Crippen LogP contribution in [-0.2, 0) is 0 Å². The SMILES string of the molecule is c1ccc(-c2nc(-c3ccccc3)nc(-c3ccc(-c4cc5nc(-c6ccccc6)c(-c6ccccc6)nc5c5c(-c6ccccc6)nc6ccccc6c45)cc3)n2)cc1. The van der Waals surface area contributed by atoms with Crippen LogP contribution < -0.4 is 0 Å². The Labute approximate surface area is 346 Å². The van der Waals surface area contributed by atoms with E-state index in [4.69, 9.17) is 29.9 Å². The van der Waals surface area contributed by atoms with Crippen molar-refractivity contribution in [3.63, 3.8) is 0 Å². The molecule has 60 heavy (non-hydrogen) atoms. The Kier molecular flexibility index (Phi) is 8.71. The van der Waals surface area contributed by atoms with Gasteiger partial charge in [-0.3, -0.25) is 0 Å². The molecule has 8 aromatic carbocycles. The molecule has 0 saturated carbocycles. The highest BCUT2D eigenvalue weighted by Gasteiger charge is 2.22. The van der Waals surface area contributed by atoms with Crippen molar-refractivity contribution in [1.29, 1.82) is 0 Å². The van der Waals surface area contributed by atoms with Gasteiger partial charge in [0.2, 0.25) is 0 Å². The van der Waals surface area contributed by atoms with Crippen LogP contribution in [0.4, 0.5) is 0 Å². The Morgan fingerprint density at radius 2 is 0.633 bits per heavy atom. The third-order valence-electron chi connectivity index (χ3n) is 10.9. The van der Waals surface area contributed by atoms with Gasteiger partial charge in [-0.05, 0) is 23.3 Å². The quantitative estimate of drug-likeness (QED) is 0.150. The van der Waals surface area contributed by atoms with Crippen LogP contribution in [0.15, 0.2) is 206 Å². The van der Waals surface area contributed by atoms with Gasteiger partial charge < -0.3 is 0 Å². The Bertz CT molecular complexity index is 3270. The maximum atomic E-state index is 5.57. The highest BCUT2D eigenvalue weighted by molar-refractivity contribution is 6.25. The number of rotatable bonds is 7. The lowest BCUT2D eigenvalue weighted by Gasteiger charge is -2.18. The van der Waals surface area contributed by atoms with Crippen LogP contribution in [0.2, 0.25) is 0 Å². The minimum atomic E-state index is 0.602. The van der Waals surface area contributed by atoms with Crippen molar-refractivity contribution in [2.75, 3.05) is 0 Å². The van der Waals surface area contributed by atoms with Gasteiger partial charge in [0.15, 0.2) is 17.5 Å². The lowest BCUT2D eigenvalue weighted by Crippen LogP contribution is -2.00.